The van der Waals surface area contributed by atoms with E-state index in [0.29, 0.717) is 6.42 Å². The number of nitrogens with one attached hydrogen (secondary N) is 1. The third kappa shape index (κ3) is 4.98. The quantitative estimate of drug-likeness (QED) is 0.263. The highest BCUT2D eigenvalue weighted by Crippen LogP contribution is 2.04. The van der Waals surface area contributed by atoms with Gasteiger partial charge in [0.25, 0.3) is 0 Å². The van der Waals surface area contributed by atoms with Crippen LogP contribution in [0.25, 0.3) is 0 Å². The van der Waals surface area contributed by atoms with Crippen molar-refractivity contribution in [3.8, 4) is 0 Å². The first-order chi connectivity index (χ1) is 6.84. The fraction of sp³-hybridized carbons (Fsp3) is 0.875. The summed E-state index contributed by atoms with van der Waals surface area (Å²) in [6, 6.07) is -0.661. The smallest absolute Gasteiger partial charge is 0.212 e. The molecule has 0 aromatic carbocycles. The van der Waals surface area contributed by atoms with Gasteiger partial charge in [-0.2, -0.15) is 0 Å². The third-order valence-electron chi connectivity index (χ3n) is 1.88. The normalized spacial score (nSPS) is 15.6. The molecule has 0 aliphatic rings. The van der Waals surface area contributed by atoms with Gasteiger partial charge in [-0.1, -0.05) is 25.9 Å². The summed E-state index contributed by atoms with van der Waals surface area (Å²) >= 11 is 0. The predicted octanol–water partition coefficient (Wildman–Crippen LogP) is 0.0868. The van der Waals surface area contributed by atoms with E-state index in [4.69, 9.17) is 10.9 Å². The zero-order valence-electron chi connectivity index (χ0n) is 9.27. The maximum absolute atomic E-state index is 11.5. The van der Waals surface area contributed by atoms with Crippen LogP contribution < -0.4 is 10.5 Å². The zero-order chi connectivity index (χ0) is 12.1. The van der Waals surface area contributed by atoms with E-state index in [0.717, 1.165) is 0 Å². The first kappa shape index (κ1) is 14.2. The molecule has 0 saturated carbocycles. The first-order valence-electron chi connectivity index (χ1n) is 4.81. The van der Waals surface area contributed by atoms with Gasteiger partial charge in [0, 0.05) is 0 Å². The van der Waals surface area contributed by atoms with Gasteiger partial charge in [0.1, 0.15) is 0 Å². The standard InChI is InChI=1S/C8H19N3O3S/c1-4-5-15(13,14)11-7(6(2)3)8(9)10-12/h6-7,11-12H,4-5H2,1-3H3,(H2,9,10). The van der Waals surface area contributed by atoms with Gasteiger partial charge in [0.15, 0.2) is 5.84 Å². The van der Waals surface area contributed by atoms with Gasteiger partial charge < -0.3 is 10.9 Å². The second-order valence-corrected chi connectivity index (χ2v) is 5.56. The Morgan fingerprint density at radius 2 is 2.07 bits per heavy atom. The van der Waals surface area contributed by atoms with Gasteiger partial charge in [-0.3, -0.25) is 0 Å². The highest BCUT2D eigenvalue weighted by atomic mass is 32.2. The second kappa shape index (κ2) is 5.92. The van der Waals surface area contributed by atoms with Crippen LogP contribution in [-0.4, -0.2) is 31.3 Å². The largest absolute Gasteiger partial charge is 0.409 e. The van der Waals surface area contributed by atoms with Crippen LogP contribution in [0, 0.1) is 5.92 Å². The van der Waals surface area contributed by atoms with E-state index in [-0.39, 0.29) is 17.5 Å². The first-order valence-corrected chi connectivity index (χ1v) is 6.46. The molecule has 0 radical (unpaired) electrons. The SMILES string of the molecule is CCCS(=O)(=O)NC(C(N)=NO)C(C)C. The molecule has 1 unspecified atom stereocenters. The Labute approximate surface area is 90.6 Å². The number of amidine groups is 1. The van der Waals surface area contributed by atoms with Crippen molar-refractivity contribution < 1.29 is 13.6 Å². The van der Waals surface area contributed by atoms with Crippen molar-refractivity contribution in [1.29, 1.82) is 0 Å². The lowest BCUT2D eigenvalue weighted by Crippen LogP contribution is -2.48. The summed E-state index contributed by atoms with van der Waals surface area (Å²) < 4.78 is 25.3. The van der Waals surface area contributed by atoms with Crippen molar-refractivity contribution in [3.63, 3.8) is 0 Å². The molecule has 0 fully saturated rings. The van der Waals surface area contributed by atoms with E-state index in [1.807, 2.05) is 0 Å². The van der Waals surface area contributed by atoms with E-state index in [1.54, 1.807) is 20.8 Å². The second-order valence-electron chi connectivity index (χ2n) is 3.68. The molecule has 1 atom stereocenters. The molecule has 0 aliphatic carbocycles. The molecule has 0 aliphatic heterocycles. The van der Waals surface area contributed by atoms with Crippen LogP contribution in [-0.2, 0) is 10.0 Å². The van der Waals surface area contributed by atoms with E-state index < -0.39 is 16.1 Å². The number of sulfonamides is 1. The Kier molecular flexibility index (Phi) is 5.59. The number of rotatable bonds is 6. The molecular formula is C8H19N3O3S. The van der Waals surface area contributed by atoms with Crippen LogP contribution in [0.4, 0.5) is 0 Å². The Hall–Kier alpha value is -0.820. The molecule has 15 heavy (non-hydrogen) atoms. The monoisotopic (exact) mass is 237 g/mol. The molecule has 0 bridgehead atoms. The third-order valence-corrected chi connectivity index (χ3v) is 3.44. The van der Waals surface area contributed by atoms with Crippen LogP contribution in [0.1, 0.15) is 27.2 Å². The fourth-order valence-corrected chi connectivity index (χ4v) is 2.56. The van der Waals surface area contributed by atoms with E-state index in [2.05, 4.69) is 9.88 Å². The molecule has 6 nitrogen and oxygen atoms in total. The number of oxime groups is 1. The maximum atomic E-state index is 11.5. The molecule has 0 rings (SSSR count). The van der Waals surface area contributed by atoms with Crippen LogP contribution in [0.15, 0.2) is 5.16 Å². The highest BCUT2D eigenvalue weighted by molar-refractivity contribution is 7.89. The van der Waals surface area contributed by atoms with Gasteiger partial charge in [-0.25, -0.2) is 13.1 Å². The van der Waals surface area contributed by atoms with Crippen molar-refractivity contribution in [2.45, 2.75) is 33.2 Å². The van der Waals surface area contributed by atoms with Crippen molar-refractivity contribution in [3.05, 3.63) is 0 Å². The Balaban J connectivity index is 4.71. The number of nitrogens with two attached hydrogens (primary N) is 1. The average Bonchev–Trinajstić information content (AvgIpc) is 2.12. The van der Waals surface area contributed by atoms with Gasteiger partial charge in [0.05, 0.1) is 11.8 Å². The minimum Gasteiger partial charge on any atom is -0.409 e. The molecule has 0 aromatic rings. The maximum Gasteiger partial charge on any atom is 0.212 e. The minimum atomic E-state index is -3.35. The van der Waals surface area contributed by atoms with Gasteiger partial charge >= 0.3 is 0 Å². The predicted molar refractivity (Wildman–Crippen MR) is 59.2 cm³/mol. The lowest BCUT2D eigenvalue weighted by molar-refractivity contribution is 0.313. The van der Waals surface area contributed by atoms with Crippen LogP contribution >= 0.6 is 0 Å². The summed E-state index contributed by atoms with van der Waals surface area (Å²) in [5, 5.41) is 11.3. The Morgan fingerprint density at radius 3 is 2.40 bits per heavy atom. The molecule has 90 valence electrons. The van der Waals surface area contributed by atoms with Gasteiger partial charge in [0.2, 0.25) is 10.0 Å². The molecule has 4 N–H and O–H groups in total. The summed E-state index contributed by atoms with van der Waals surface area (Å²) in [4.78, 5) is 0. The van der Waals surface area contributed by atoms with Gasteiger partial charge in [-0.05, 0) is 12.3 Å². The fourth-order valence-electron chi connectivity index (χ4n) is 1.12. The van der Waals surface area contributed by atoms with Gasteiger partial charge in [-0.15, -0.1) is 0 Å². The molecule has 0 aromatic heterocycles. The summed E-state index contributed by atoms with van der Waals surface area (Å²) in [5.41, 5.74) is 5.39. The summed E-state index contributed by atoms with van der Waals surface area (Å²) in [6.07, 6.45) is 0.524. The molecule has 0 saturated heterocycles. The molecular weight excluding hydrogens is 218 g/mol. The van der Waals surface area contributed by atoms with Crippen molar-refractivity contribution in [1.82, 2.24) is 4.72 Å². The highest BCUT2D eigenvalue weighted by Gasteiger charge is 2.23. The Morgan fingerprint density at radius 1 is 1.53 bits per heavy atom. The van der Waals surface area contributed by atoms with Crippen LogP contribution in [0.2, 0.25) is 0 Å². The lowest BCUT2D eigenvalue weighted by Gasteiger charge is -2.20. The molecule has 0 spiro atoms. The minimum absolute atomic E-state index is 0.0366. The van der Waals surface area contributed by atoms with Crippen molar-refractivity contribution in [2.75, 3.05) is 5.75 Å². The number of hydrogen-bond donors (Lipinski definition) is 3. The Bertz CT molecular complexity index is 311. The van der Waals surface area contributed by atoms with Crippen molar-refractivity contribution >= 4 is 15.9 Å². The molecule has 7 heteroatoms. The van der Waals surface area contributed by atoms with Crippen LogP contribution in [0.3, 0.4) is 0 Å². The summed E-state index contributed by atoms with van der Waals surface area (Å²) in [7, 11) is -3.35. The lowest BCUT2D eigenvalue weighted by atomic mass is 10.1. The zero-order valence-corrected chi connectivity index (χ0v) is 10.1. The van der Waals surface area contributed by atoms with E-state index in [1.165, 1.54) is 0 Å². The molecule has 0 amide bonds. The molecule has 0 heterocycles. The van der Waals surface area contributed by atoms with Crippen LogP contribution in [0.5, 0.6) is 0 Å². The topological polar surface area (TPSA) is 105 Å². The van der Waals surface area contributed by atoms with E-state index >= 15 is 0 Å². The summed E-state index contributed by atoms with van der Waals surface area (Å²) in [5.74, 6) is -0.160. The van der Waals surface area contributed by atoms with E-state index in [9.17, 15) is 8.42 Å². The summed E-state index contributed by atoms with van der Waals surface area (Å²) in [6.45, 7) is 5.35. The average molecular weight is 237 g/mol. The number of nitrogens with zero attached hydrogens (tertiary/aromatic N) is 1. The number of hydrogen-bond acceptors (Lipinski definition) is 4. The van der Waals surface area contributed by atoms with Crippen molar-refractivity contribution in [2.24, 2.45) is 16.8 Å².